The molecule has 0 fully saturated rings. The van der Waals surface area contributed by atoms with Crippen LogP contribution in [0.15, 0.2) is 42.5 Å². The van der Waals surface area contributed by atoms with Crippen LogP contribution >= 0.6 is 11.3 Å². The van der Waals surface area contributed by atoms with Crippen LogP contribution < -0.4 is 10.5 Å². The van der Waals surface area contributed by atoms with Crippen molar-refractivity contribution in [3.05, 3.63) is 48.0 Å². The zero-order chi connectivity index (χ0) is 13.9. The first-order valence-corrected chi connectivity index (χ1v) is 7.44. The molecule has 3 aromatic rings. The third kappa shape index (κ3) is 2.53. The predicted octanol–water partition coefficient (Wildman–Crippen LogP) is 3.82. The molecule has 0 aliphatic heterocycles. The van der Waals surface area contributed by atoms with Crippen molar-refractivity contribution in [2.24, 2.45) is 5.73 Å². The summed E-state index contributed by atoms with van der Waals surface area (Å²) in [5.41, 5.74) is 8.89. The quantitative estimate of drug-likeness (QED) is 0.792. The monoisotopic (exact) mass is 284 g/mol. The van der Waals surface area contributed by atoms with Crippen molar-refractivity contribution in [3.63, 3.8) is 0 Å². The Hall–Kier alpha value is -1.91. The van der Waals surface area contributed by atoms with Crippen LogP contribution in [0.1, 0.15) is 12.5 Å². The number of thiazole rings is 1. The lowest BCUT2D eigenvalue weighted by Crippen LogP contribution is -1.94. The molecule has 0 atom stereocenters. The van der Waals surface area contributed by atoms with E-state index in [2.05, 4.69) is 17.1 Å². The number of nitrogens with zero attached hydrogens (tertiary/aromatic N) is 1. The summed E-state index contributed by atoms with van der Waals surface area (Å²) in [5.74, 6) is 0.897. The van der Waals surface area contributed by atoms with Gasteiger partial charge in [-0.3, -0.25) is 0 Å². The fourth-order valence-corrected chi connectivity index (χ4v) is 3.07. The van der Waals surface area contributed by atoms with Crippen molar-refractivity contribution in [3.8, 4) is 16.3 Å². The Labute approximate surface area is 122 Å². The van der Waals surface area contributed by atoms with Crippen LogP contribution in [0.2, 0.25) is 0 Å². The molecular weight excluding hydrogens is 268 g/mol. The van der Waals surface area contributed by atoms with Crippen LogP contribution in [-0.2, 0) is 6.54 Å². The highest BCUT2D eigenvalue weighted by Gasteiger charge is 2.07. The molecule has 0 unspecified atom stereocenters. The minimum atomic E-state index is 0.567. The molecule has 1 heterocycles. The van der Waals surface area contributed by atoms with E-state index in [1.807, 2.05) is 37.3 Å². The number of hydrogen-bond acceptors (Lipinski definition) is 4. The maximum absolute atomic E-state index is 5.62. The van der Waals surface area contributed by atoms with E-state index in [1.165, 1.54) is 0 Å². The molecule has 102 valence electrons. The molecule has 2 N–H and O–H groups in total. The minimum Gasteiger partial charge on any atom is -0.494 e. The van der Waals surface area contributed by atoms with Gasteiger partial charge in [0.15, 0.2) is 0 Å². The van der Waals surface area contributed by atoms with E-state index in [9.17, 15) is 0 Å². The molecule has 1 aromatic heterocycles. The maximum atomic E-state index is 5.62. The van der Waals surface area contributed by atoms with E-state index in [0.29, 0.717) is 13.2 Å². The number of fused-ring (bicyclic) bond motifs is 1. The summed E-state index contributed by atoms with van der Waals surface area (Å²) < 4.78 is 6.67. The molecule has 3 rings (SSSR count). The standard InChI is InChI=1S/C16H16N2OS/c1-2-19-13-7-8-14-15(9-13)20-16(18-14)12-5-3-11(10-17)4-6-12/h3-9H,2,10,17H2,1H3. The highest BCUT2D eigenvalue weighted by molar-refractivity contribution is 7.21. The lowest BCUT2D eigenvalue weighted by atomic mass is 10.1. The molecule has 0 spiro atoms. The van der Waals surface area contributed by atoms with Crippen molar-refractivity contribution in [2.75, 3.05) is 6.61 Å². The van der Waals surface area contributed by atoms with Gasteiger partial charge in [0.1, 0.15) is 10.8 Å². The van der Waals surface area contributed by atoms with E-state index < -0.39 is 0 Å². The first kappa shape index (κ1) is 13.1. The summed E-state index contributed by atoms with van der Waals surface area (Å²) in [5, 5.41) is 1.03. The Morgan fingerprint density at radius 1 is 1.15 bits per heavy atom. The first-order chi connectivity index (χ1) is 9.80. The van der Waals surface area contributed by atoms with Gasteiger partial charge in [0.25, 0.3) is 0 Å². The van der Waals surface area contributed by atoms with Gasteiger partial charge in [-0.2, -0.15) is 0 Å². The summed E-state index contributed by atoms with van der Waals surface area (Å²) in [6.07, 6.45) is 0. The molecule has 2 aromatic carbocycles. The van der Waals surface area contributed by atoms with Gasteiger partial charge in [-0.25, -0.2) is 4.98 Å². The normalized spacial score (nSPS) is 10.9. The van der Waals surface area contributed by atoms with Gasteiger partial charge < -0.3 is 10.5 Å². The molecule has 3 nitrogen and oxygen atoms in total. The van der Waals surface area contributed by atoms with E-state index in [-0.39, 0.29) is 0 Å². The summed E-state index contributed by atoms with van der Waals surface area (Å²) >= 11 is 1.68. The van der Waals surface area contributed by atoms with Gasteiger partial charge in [0.05, 0.1) is 16.8 Å². The minimum absolute atomic E-state index is 0.567. The number of hydrogen-bond donors (Lipinski definition) is 1. The first-order valence-electron chi connectivity index (χ1n) is 6.63. The second kappa shape index (κ2) is 5.61. The van der Waals surface area contributed by atoms with Crippen molar-refractivity contribution < 1.29 is 4.74 Å². The zero-order valence-electron chi connectivity index (χ0n) is 11.3. The van der Waals surface area contributed by atoms with Gasteiger partial charge in [-0.15, -0.1) is 11.3 Å². The molecule has 20 heavy (non-hydrogen) atoms. The molecule has 0 saturated carbocycles. The Balaban J connectivity index is 1.98. The summed E-state index contributed by atoms with van der Waals surface area (Å²) in [6.45, 7) is 3.23. The molecule has 0 aliphatic carbocycles. The Kier molecular flexibility index (Phi) is 3.67. The molecule has 0 radical (unpaired) electrons. The predicted molar refractivity (Wildman–Crippen MR) is 84.1 cm³/mol. The highest BCUT2D eigenvalue weighted by atomic mass is 32.1. The summed E-state index contributed by atoms with van der Waals surface area (Å²) in [6, 6.07) is 14.3. The summed E-state index contributed by atoms with van der Waals surface area (Å²) in [7, 11) is 0. The van der Waals surface area contributed by atoms with Crippen molar-refractivity contribution in [1.82, 2.24) is 4.98 Å². The van der Waals surface area contributed by atoms with Gasteiger partial charge in [0, 0.05) is 12.1 Å². The molecule has 0 saturated heterocycles. The largest absolute Gasteiger partial charge is 0.494 e. The van der Waals surface area contributed by atoms with E-state index in [4.69, 9.17) is 10.5 Å². The fourth-order valence-electron chi connectivity index (χ4n) is 2.07. The van der Waals surface area contributed by atoms with Gasteiger partial charge in [0.2, 0.25) is 0 Å². The van der Waals surface area contributed by atoms with Crippen LogP contribution in [0.25, 0.3) is 20.8 Å². The van der Waals surface area contributed by atoms with E-state index in [0.717, 1.165) is 32.1 Å². The van der Waals surface area contributed by atoms with Crippen LogP contribution in [0.3, 0.4) is 0 Å². The third-order valence-electron chi connectivity index (χ3n) is 3.11. The maximum Gasteiger partial charge on any atom is 0.124 e. The van der Waals surface area contributed by atoms with Crippen LogP contribution in [0, 0.1) is 0 Å². The average Bonchev–Trinajstić information content (AvgIpc) is 2.91. The van der Waals surface area contributed by atoms with Crippen molar-refractivity contribution >= 4 is 21.6 Å². The number of nitrogens with two attached hydrogens (primary N) is 1. The van der Waals surface area contributed by atoms with Gasteiger partial charge in [-0.05, 0) is 30.7 Å². The Bertz CT molecular complexity index is 719. The number of aromatic nitrogens is 1. The van der Waals surface area contributed by atoms with Crippen molar-refractivity contribution in [1.29, 1.82) is 0 Å². The molecule has 0 bridgehead atoms. The highest BCUT2D eigenvalue weighted by Crippen LogP contribution is 2.32. The molecule has 0 aliphatic rings. The van der Waals surface area contributed by atoms with Crippen LogP contribution in [0.5, 0.6) is 5.75 Å². The molecular formula is C16H16N2OS. The van der Waals surface area contributed by atoms with Crippen LogP contribution in [0.4, 0.5) is 0 Å². The second-order valence-electron chi connectivity index (χ2n) is 4.48. The number of benzene rings is 2. The Morgan fingerprint density at radius 2 is 1.95 bits per heavy atom. The Morgan fingerprint density at radius 3 is 2.65 bits per heavy atom. The number of ether oxygens (including phenoxy) is 1. The second-order valence-corrected chi connectivity index (χ2v) is 5.51. The average molecular weight is 284 g/mol. The SMILES string of the molecule is CCOc1ccc2nc(-c3ccc(CN)cc3)sc2c1. The van der Waals surface area contributed by atoms with Crippen LogP contribution in [-0.4, -0.2) is 11.6 Å². The summed E-state index contributed by atoms with van der Waals surface area (Å²) in [4.78, 5) is 4.67. The molecule has 4 heteroatoms. The van der Waals surface area contributed by atoms with E-state index >= 15 is 0 Å². The van der Waals surface area contributed by atoms with Gasteiger partial charge >= 0.3 is 0 Å². The molecule has 0 amide bonds. The third-order valence-corrected chi connectivity index (χ3v) is 4.17. The van der Waals surface area contributed by atoms with Crippen molar-refractivity contribution in [2.45, 2.75) is 13.5 Å². The lowest BCUT2D eigenvalue weighted by Gasteiger charge is -2.00. The number of rotatable bonds is 4. The fraction of sp³-hybridized carbons (Fsp3) is 0.188. The lowest BCUT2D eigenvalue weighted by molar-refractivity contribution is 0.341. The zero-order valence-corrected chi connectivity index (χ0v) is 12.1. The van der Waals surface area contributed by atoms with E-state index in [1.54, 1.807) is 11.3 Å². The smallest absolute Gasteiger partial charge is 0.124 e. The topological polar surface area (TPSA) is 48.1 Å². The van der Waals surface area contributed by atoms with Gasteiger partial charge in [-0.1, -0.05) is 24.3 Å².